The van der Waals surface area contributed by atoms with Crippen LogP contribution in [0.5, 0.6) is 0 Å². The number of likely N-dealkylation sites (N-methyl/N-ethyl adjacent to an activating group) is 1. The molecule has 0 saturated carbocycles. The molecule has 1 amide bonds. The van der Waals surface area contributed by atoms with Crippen LogP contribution in [0.4, 0.5) is 0 Å². The highest BCUT2D eigenvalue weighted by Gasteiger charge is 2.53. The van der Waals surface area contributed by atoms with Gasteiger partial charge in [0.25, 0.3) is 5.56 Å². The third-order valence-electron chi connectivity index (χ3n) is 16.4. The zero-order chi connectivity index (χ0) is 59.1. The summed E-state index contributed by atoms with van der Waals surface area (Å²) in [6, 6.07) is -1.98. The lowest BCUT2D eigenvalue weighted by Gasteiger charge is -2.48. The van der Waals surface area contributed by atoms with Crippen LogP contribution >= 0.6 is 0 Å². The molecule has 5 heterocycles. The molecular formula is C53H90N8O18. The Bertz CT molecular complexity index is 2360. The van der Waals surface area contributed by atoms with Crippen molar-refractivity contribution in [3.05, 3.63) is 43.0 Å². The molecule has 4 fully saturated rings. The average molecular weight is 1130 g/mol. The van der Waals surface area contributed by atoms with Crippen LogP contribution in [-0.2, 0) is 47.5 Å². The number of ether oxygens (including phenoxy) is 7. The Morgan fingerprint density at radius 3 is 2.27 bits per heavy atom. The van der Waals surface area contributed by atoms with E-state index in [0.717, 1.165) is 0 Å². The molecule has 8 N–H and O–H groups in total. The minimum Gasteiger partial charge on any atom is -0.463 e. The molecule has 0 spiro atoms. The topological polar surface area (TPSA) is 359 Å². The van der Waals surface area contributed by atoms with Crippen molar-refractivity contribution in [3.8, 4) is 0 Å². The number of H-pyrrole nitrogens is 1. The average Bonchev–Trinajstić information content (AvgIpc) is 3.79. The molecule has 5 rings (SSSR count). The Hall–Kier alpha value is -4.12. The molecule has 1 aromatic heterocycles. The second-order valence-corrected chi connectivity index (χ2v) is 23.6. The number of amides is 1. The van der Waals surface area contributed by atoms with Crippen molar-refractivity contribution >= 4 is 17.8 Å². The van der Waals surface area contributed by atoms with E-state index >= 15 is 0 Å². The van der Waals surface area contributed by atoms with E-state index in [4.69, 9.17) is 38.7 Å². The number of aryl methyl sites for hydroxylation is 1. The number of nitrogens with zero attached hydrogens (tertiary/aromatic N) is 6. The molecule has 0 aliphatic carbocycles. The van der Waals surface area contributed by atoms with E-state index in [1.165, 1.54) is 31.5 Å². The van der Waals surface area contributed by atoms with Crippen LogP contribution < -0.4 is 16.6 Å². The van der Waals surface area contributed by atoms with Crippen molar-refractivity contribution in [2.45, 2.75) is 236 Å². The molecule has 0 radical (unpaired) electrons. The predicted octanol–water partition coefficient (Wildman–Crippen LogP) is 1.27. The first kappa shape index (κ1) is 65.7. The maximum atomic E-state index is 14.5. The molecule has 79 heavy (non-hydrogen) atoms. The van der Waals surface area contributed by atoms with E-state index < -0.39 is 137 Å². The monoisotopic (exact) mass is 1130 g/mol. The van der Waals surface area contributed by atoms with Gasteiger partial charge >= 0.3 is 17.6 Å². The minimum absolute atomic E-state index is 0.0511. The van der Waals surface area contributed by atoms with Gasteiger partial charge in [-0.3, -0.25) is 33.6 Å². The summed E-state index contributed by atoms with van der Waals surface area (Å²) < 4.78 is 44.3. The van der Waals surface area contributed by atoms with Crippen LogP contribution in [0.15, 0.2) is 20.9 Å². The lowest BCUT2D eigenvalue weighted by molar-refractivity contribution is -0.316. The van der Waals surface area contributed by atoms with Gasteiger partial charge in [0.2, 0.25) is 5.91 Å². The molecule has 4 saturated heterocycles. The highest BCUT2D eigenvalue weighted by atomic mass is 16.7. The maximum absolute atomic E-state index is 14.5. The van der Waals surface area contributed by atoms with Gasteiger partial charge in [0.1, 0.15) is 49.0 Å². The molecule has 0 bridgehead atoms. The molecule has 26 nitrogen and oxygen atoms in total. The number of aromatic amines is 1. The highest BCUT2D eigenvalue weighted by molar-refractivity contribution is 5.81. The SMILES string of the molecule is CCC1OC(=O)C(C)C(OC2CC(C)(O)C(O)C(C)O2)C(C)C(OC2OC(C)CC(N(C)C)C2O)C(C)(O)CC(C)CN(CCCNC(=O)CCC(=O)OC[C@H]2O[C@@H](n3cc(C)c(=O)[nH]c3=O)C[C@@H]2N=[N+]=[N-])C(C)C(O)C1(C)O. The summed E-state index contributed by atoms with van der Waals surface area (Å²) in [4.78, 5) is 73.6. The van der Waals surface area contributed by atoms with Crippen LogP contribution in [0.1, 0.15) is 132 Å². The first-order valence-electron chi connectivity index (χ1n) is 27.7. The van der Waals surface area contributed by atoms with Gasteiger partial charge in [0.05, 0.1) is 54.0 Å². The quantitative estimate of drug-likeness (QED) is 0.0358. The predicted molar refractivity (Wildman–Crippen MR) is 284 cm³/mol. The first-order chi connectivity index (χ1) is 36.8. The van der Waals surface area contributed by atoms with E-state index in [1.807, 2.05) is 37.7 Å². The van der Waals surface area contributed by atoms with Crippen LogP contribution in [0.25, 0.3) is 10.4 Å². The van der Waals surface area contributed by atoms with E-state index in [1.54, 1.807) is 41.5 Å². The molecule has 1 aromatic rings. The van der Waals surface area contributed by atoms with Crippen molar-refractivity contribution in [1.29, 1.82) is 0 Å². The zero-order valence-corrected chi connectivity index (χ0v) is 48.2. The molecule has 4 aliphatic rings. The fourth-order valence-corrected chi connectivity index (χ4v) is 11.8. The molecular weight excluding hydrogens is 1040 g/mol. The Morgan fingerprint density at radius 1 is 0.949 bits per heavy atom. The summed E-state index contributed by atoms with van der Waals surface area (Å²) in [7, 11) is 3.67. The largest absolute Gasteiger partial charge is 0.463 e. The van der Waals surface area contributed by atoms with Crippen LogP contribution in [-0.4, -0.2) is 211 Å². The second-order valence-electron chi connectivity index (χ2n) is 23.6. The summed E-state index contributed by atoms with van der Waals surface area (Å²) in [5, 5.41) is 77.5. The molecule has 450 valence electrons. The molecule has 18 unspecified atom stereocenters. The summed E-state index contributed by atoms with van der Waals surface area (Å²) in [6.45, 7) is 18.3. The highest BCUT2D eigenvalue weighted by Crippen LogP contribution is 2.40. The fourth-order valence-electron chi connectivity index (χ4n) is 11.8. The number of esters is 2. The number of carbonyl (C=O) groups excluding carboxylic acids is 3. The number of azide groups is 1. The number of nitrogens with one attached hydrogen (secondary N) is 2. The Kier molecular flexibility index (Phi) is 23.1. The number of aliphatic hydroxyl groups is 6. The van der Waals surface area contributed by atoms with Gasteiger partial charge in [-0.2, -0.15) is 0 Å². The maximum Gasteiger partial charge on any atom is 0.330 e. The summed E-state index contributed by atoms with van der Waals surface area (Å²) in [5.74, 6) is -4.45. The van der Waals surface area contributed by atoms with Crippen molar-refractivity contribution in [3.63, 3.8) is 0 Å². The molecule has 0 aromatic carbocycles. The zero-order valence-electron chi connectivity index (χ0n) is 48.2. The first-order valence-corrected chi connectivity index (χ1v) is 27.7. The third kappa shape index (κ3) is 16.5. The van der Waals surface area contributed by atoms with Crippen molar-refractivity contribution in [1.82, 2.24) is 24.7 Å². The minimum atomic E-state index is -2.02. The van der Waals surface area contributed by atoms with Crippen molar-refractivity contribution in [2.75, 3.05) is 40.3 Å². The lowest BCUT2D eigenvalue weighted by atomic mass is 9.77. The number of hydrogen-bond acceptors (Lipinski definition) is 21. The number of cyclic esters (lactones) is 1. The van der Waals surface area contributed by atoms with E-state index in [0.29, 0.717) is 12.8 Å². The normalized spacial score (nSPS) is 40.2. The third-order valence-corrected chi connectivity index (χ3v) is 16.4. The Labute approximate surface area is 462 Å². The van der Waals surface area contributed by atoms with Crippen molar-refractivity contribution in [2.24, 2.45) is 22.9 Å². The number of hydrogen-bond donors (Lipinski definition) is 8. The van der Waals surface area contributed by atoms with Crippen LogP contribution in [0.2, 0.25) is 0 Å². The van der Waals surface area contributed by atoms with E-state index in [-0.39, 0.29) is 88.4 Å². The summed E-state index contributed by atoms with van der Waals surface area (Å²) in [6.07, 6.45) is -11.4. The fraction of sp³-hybridized carbons (Fsp3) is 0.868. The summed E-state index contributed by atoms with van der Waals surface area (Å²) in [5.41, 5.74) is 2.71. The number of aromatic nitrogens is 2. The van der Waals surface area contributed by atoms with Gasteiger partial charge in [-0.1, -0.05) is 25.9 Å². The van der Waals surface area contributed by atoms with Crippen molar-refractivity contribution < 1.29 is 78.2 Å². The summed E-state index contributed by atoms with van der Waals surface area (Å²) >= 11 is 0. The Morgan fingerprint density at radius 2 is 1.63 bits per heavy atom. The van der Waals surface area contributed by atoms with Crippen LogP contribution in [0, 0.1) is 24.7 Å². The van der Waals surface area contributed by atoms with Gasteiger partial charge in [-0.05, 0) is 107 Å². The van der Waals surface area contributed by atoms with Gasteiger partial charge < -0.3 is 74.0 Å². The second kappa shape index (κ2) is 27.8. The molecule has 21 atom stereocenters. The molecule has 26 heteroatoms. The number of aliphatic hydroxyl groups excluding tert-OH is 3. The van der Waals surface area contributed by atoms with E-state index in [9.17, 15) is 54.6 Å². The van der Waals surface area contributed by atoms with Crippen LogP contribution in [0.3, 0.4) is 0 Å². The smallest absolute Gasteiger partial charge is 0.330 e. The Balaban J connectivity index is 1.32. The standard InChI is InChI=1S/C53H90N8O18/c1-14-37-53(11,72)44(65)32(7)60(19-15-18-55-38(62)16-17-40(63)73-26-36-34(57-58-54)21-39(76-36)61-25-28(3)47(67)56-50(61)69)24-27(2)22-52(10,71)46(79-49-42(64)35(59(12)13)20-29(4)74-49)30(5)43(31(6)48(68)77-37)78-41-23-51(9,70)45(66)33(8)75-41/h25,27,29-37,39,41-46,49,64-66,70-72H,14-24,26H2,1-13H3,(H,55,62)(H,56,67,69)/t27?,29?,30?,31?,32?,33?,34-,35?,36+,37?,39+,41?,42?,43?,44?,45?,46?,49?,51?,52?,53?/m0/s1. The van der Waals surface area contributed by atoms with E-state index in [2.05, 4.69) is 20.3 Å². The number of carbonyl (C=O) groups is 3. The number of rotatable bonds is 17. The van der Waals surface area contributed by atoms with Gasteiger partial charge in [-0.25, -0.2) is 4.79 Å². The lowest BCUT2D eigenvalue weighted by Crippen LogP contribution is -2.60. The van der Waals surface area contributed by atoms with Gasteiger partial charge in [0.15, 0.2) is 12.6 Å². The van der Waals surface area contributed by atoms with Gasteiger partial charge in [-0.15, -0.1) is 0 Å². The molecule has 4 aliphatic heterocycles. The van der Waals surface area contributed by atoms with Gasteiger partial charge in [0, 0.05) is 73.6 Å².